The molecule has 0 atom stereocenters. The van der Waals surface area contributed by atoms with E-state index >= 15 is 0 Å². The fraction of sp³-hybridized carbons (Fsp3) is 0.100. The van der Waals surface area contributed by atoms with E-state index in [1.54, 1.807) is 42.8 Å². The van der Waals surface area contributed by atoms with Gasteiger partial charge in [0.2, 0.25) is 5.75 Å². The number of carbonyl (C=O) groups excluding carboxylic acids is 1. The summed E-state index contributed by atoms with van der Waals surface area (Å²) in [7, 11) is 2.90. The molecule has 1 aromatic heterocycles. The Hall–Kier alpha value is -4.76. The Morgan fingerprint density at radius 1 is 0.923 bits per heavy atom. The van der Waals surface area contributed by atoms with Gasteiger partial charge in [-0.3, -0.25) is 9.69 Å². The van der Waals surface area contributed by atoms with Crippen molar-refractivity contribution >= 4 is 35.1 Å². The molecule has 1 amide bonds. The number of phenols is 1. The number of aromatic hydroxyl groups is 1. The van der Waals surface area contributed by atoms with E-state index in [4.69, 9.17) is 13.9 Å². The fourth-order valence-corrected chi connectivity index (χ4v) is 4.90. The lowest BCUT2D eigenvalue weighted by Crippen LogP contribution is -2.28. The lowest BCUT2D eigenvalue weighted by molar-refractivity contribution is -0.122. The number of furan rings is 1. The SMILES string of the molecule is COc1cc(/C=C2\S/C(=N\N=C\c3ccc(-c4ccccc4)cc3)N(Cc3ccco3)C2=O)cc(OC)c1O. The van der Waals surface area contributed by atoms with Gasteiger partial charge in [0.15, 0.2) is 16.7 Å². The predicted octanol–water partition coefficient (Wildman–Crippen LogP) is 6.18. The molecule has 8 nitrogen and oxygen atoms in total. The van der Waals surface area contributed by atoms with E-state index in [1.807, 2.05) is 42.5 Å². The molecule has 5 rings (SSSR count). The number of hydrogen-bond donors (Lipinski definition) is 1. The van der Waals surface area contributed by atoms with E-state index in [-0.39, 0.29) is 29.7 Å². The average molecular weight is 540 g/mol. The molecule has 1 fully saturated rings. The second-order valence-electron chi connectivity index (χ2n) is 8.47. The number of thioether (sulfide) groups is 1. The van der Waals surface area contributed by atoms with E-state index in [2.05, 4.69) is 22.3 Å². The standard InChI is InChI=1S/C30H25N3O5S/c1-36-25-15-21(16-26(37-2)28(25)34)17-27-29(35)33(19-24-9-6-14-38-24)30(39-27)32-31-18-20-10-12-23(13-11-20)22-7-4-3-5-8-22/h3-18,34H,19H2,1-2H3/b27-17-,31-18+,32-30-. The summed E-state index contributed by atoms with van der Waals surface area (Å²) >= 11 is 1.20. The highest BCUT2D eigenvalue weighted by atomic mass is 32.2. The van der Waals surface area contributed by atoms with E-state index in [9.17, 15) is 9.90 Å². The Kier molecular flexibility index (Phi) is 7.79. The molecule has 2 heterocycles. The van der Waals surface area contributed by atoms with E-state index < -0.39 is 0 Å². The third-order valence-electron chi connectivity index (χ3n) is 5.95. The van der Waals surface area contributed by atoms with Gasteiger partial charge in [0.25, 0.3) is 5.91 Å². The van der Waals surface area contributed by atoms with Crippen molar-refractivity contribution in [1.82, 2.24) is 4.90 Å². The van der Waals surface area contributed by atoms with Crippen LogP contribution in [0, 0.1) is 0 Å². The minimum absolute atomic E-state index is 0.111. The maximum Gasteiger partial charge on any atom is 0.267 e. The molecule has 1 N–H and O–H groups in total. The van der Waals surface area contributed by atoms with Gasteiger partial charge in [-0.05, 0) is 64.4 Å². The third-order valence-corrected chi connectivity index (χ3v) is 6.95. The van der Waals surface area contributed by atoms with E-state index in [1.165, 1.54) is 30.9 Å². The summed E-state index contributed by atoms with van der Waals surface area (Å²) in [6.45, 7) is 0.207. The first kappa shape index (κ1) is 25.9. The zero-order chi connectivity index (χ0) is 27.2. The highest BCUT2D eigenvalue weighted by Crippen LogP contribution is 2.40. The summed E-state index contributed by atoms with van der Waals surface area (Å²) in [4.78, 5) is 15.3. The first-order valence-corrected chi connectivity index (χ1v) is 12.8. The molecule has 0 spiro atoms. The minimum Gasteiger partial charge on any atom is -0.502 e. The van der Waals surface area contributed by atoms with Crippen molar-refractivity contribution in [2.45, 2.75) is 6.54 Å². The van der Waals surface area contributed by atoms with Gasteiger partial charge in [0.05, 0.1) is 38.1 Å². The van der Waals surface area contributed by atoms with Gasteiger partial charge in [0.1, 0.15) is 5.76 Å². The van der Waals surface area contributed by atoms with Gasteiger partial charge in [-0.1, -0.05) is 54.6 Å². The zero-order valence-corrected chi connectivity index (χ0v) is 22.1. The van der Waals surface area contributed by atoms with Gasteiger partial charge in [-0.15, -0.1) is 5.10 Å². The maximum atomic E-state index is 13.4. The molecule has 1 aliphatic heterocycles. The molecule has 3 aromatic carbocycles. The molecular formula is C30H25N3O5S. The zero-order valence-electron chi connectivity index (χ0n) is 21.3. The van der Waals surface area contributed by atoms with Crippen LogP contribution in [0.5, 0.6) is 17.2 Å². The van der Waals surface area contributed by atoms with Crippen LogP contribution >= 0.6 is 11.8 Å². The van der Waals surface area contributed by atoms with Crippen LogP contribution in [-0.2, 0) is 11.3 Å². The summed E-state index contributed by atoms with van der Waals surface area (Å²) in [5.41, 5.74) is 3.75. The highest BCUT2D eigenvalue weighted by molar-refractivity contribution is 8.18. The summed E-state index contributed by atoms with van der Waals surface area (Å²) in [5.74, 6) is 0.733. The molecule has 0 bridgehead atoms. The second kappa shape index (κ2) is 11.7. The summed E-state index contributed by atoms with van der Waals surface area (Å²) in [6.07, 6.45) is 4.90. The Balaban J connectivity index is 1.41. The van der Waals surface area contributed by atoms with Gasteiger partial charge in [-0.25, -0.2) is 0 Å². The van der Waals surface area contributed by atoms with Crippen LogP contribution in [0.4, 0.5) is 0 Å². The first-order chi connectivity index (χ1) is 19.1. The van der Waals surface area contributed by atoms with Crippen LogP contribution in [0.2, 0.25) is 0 Å². The smallest absolute Gasteiger partial charge is 0.267 e. The molecular weight excluding hydrogens is 514 g/mol. The lowest BCUT2D eigenvalue weighted by atomic mass is 10.0. The number of phenolic OH excluding ortho intramolecular Hbond substituents is 1. The Morgan fingerprint density at radius 3 is 2.26 bits per heavy atom. The number of carbonyl (C=O) groups is 1. The highest BCUT2D eigenvalue weighted by Gasteiger charge is 2.34. The molecule has 39 heavy (non-hydrogen) atoms. The molecule has 4 aromatic rings. The van der Waals surface area contributed by atoms with Crippen molar-refractivity contribution in [3.05, 3.63) is 107 Å². The molecule has 9 heteroatoms. The normalized spacial score (nSPS) is 15.5. The number of hydrogen-bond acceptors (Lipinski definition) is 8. The van der Waals surface area contributed by atoms with Gasteiger partial charge in [-0.2, -0.15) is 5.10 Å². The van der Waals surface area contributed by atoms with Crippen molar-refractivity contribution in [3.8, 4) is 28.4 Å². The van der Waals surface area contributed by atoms with Crippen molar-refractivity contribution in [1.29, 1.82) is 0 Å². The van der Waals surface area contributed by atoms with E-state index in [0.29, 0.717) is 21.4 Å². The van der Waals surface area contributed by atoms with Gasteiger partial charge >= 0.3 is 0 Å². The lowest BCUT2D eigenvalue weighted by Gasteiger charge is -2.12. The Bertz CT molecular complexity index is 1520. The van der Waals surface area contributed by atoms with Crippen molar-refractivity contribution < 1.29 is 23.8 Å². The monoisotopic (exact) mass is 539 g/mol. The number of nitrogens with zero attached hydrogens (tertiary/aromatic N) is 3. The first-order valence-electron chi connectivity index (χ1n) is 12.0. The van der Waals surface area contributed by atoms with Crippen LogP contribution in [0.15, 0.2) is 105 Å². The van der Waals surface area contributed by atoms with Crippen molar-refractivity contribution in [3.63, 3.8) is 0 Å². The van der Waals surface area contributed by atoms with Crippen molar-refractivity contribution in [2.75, 3.05) is 14.2 Å². The topological polar surface area (TPSA) is 96.9 Å². The Morgan fingerprint density at radius 2 is 1.62 bits per heavy atom. The summed E-state index contributed by atoms with van der Waals surface area (Å²) < 4.78 is 15.9. The largest absolute Gasteiger partial charge is 0.502 e. The predicted molar refractivity (Wildman–Crippen MR) is 153 cm³/mol. The minimum atomic E-state index is -0.247. The van der Waals surface area contributed by atoms with Crippen LogP contribution in [-0.4, -0.2) is 41.5 Å². The number of amidine groups is 1. The maximum absolute atomic E-state index is 13.4. The summed E-state index contributed by atoms with van der Waals surface area (Å²) in [6, 6.07) is 24.9. The molecule has 0 aliphatic carbocycles. The number of methoxy groups -OCH3 is 2. The number of amides is 1. The van der Waals surface area contributed by atoms with Gasteiger partial charge in [0, 0.05) is 0 Å². The molecule has 0 unspecified atom stereocenters. The third kappa shape index (κ3) is 5.89. The quantitative estimate of drug-likeness (QED) is 0.163. The Labute approximate surface area is 229 Å². The average Bonchev–Trinajstić information content (AvgIpc) is 3.59. The van der Waals surface area contributed by atoms with Gasteiger partial charge < -0.3 is 19.0 Å². The number of ether oxygens (including phenoxy) is 2. The number of rotatable bonds is 8. The fourth-order valence-electron chi connectivity index (χ4n) is 3.97. The molecule has 1 aliphatic rings. The molecule has 0 saturated carbocycles. The van der Waals surface area contributed by atoms with Crippen molar-refractivity contribution in [2.24, 2.45) is 10.2 Å². The molecule has 0 radical (unpaired) electrons. The molecule has 1 saturated heterocycles. The van der Waals surface area contributed by atoms with Crippen LogP contribution in [0.25, 0.3) is 17.2 Å². The second-order valence-corrected chi connectivity index (χ2v) is 9.48. The summed E-state index contributed by atoms with van der Waals surface area (Å²) in [5, 5.41) is 19.3. The van der Waals surface area contributed by atoms with Crippen LogP contribution in [0.3, 0.4) is 0 Å². The molecule has 196 valence electrons. The van der Waals surface area contributed by atoms with Crippen LogP contribution in [0.1, 0.15) is 16.9 Å². The van der Waals surface area contributed by atoms with E-state index in [0.717, 1.165) is 16.7 Å². The number of benzene rings is 3. The van der Waals surface area contributed by atoms with Crippen LogP contribution < -0.4 is 9.47 Å².